The summed E-state index contributed by atoms with van der Waals surface area (Å²) in [6.45, 7) is 4.31. The quantitative estimate of drug-likeness (QED) is 0.812. The Morgan fingerprint density at radius 1 is 1.56 bits per heavy atom. The number of nitrogens with one attached hydrogen (secondary N) is 1. The van der Waals surface area contributed by atoms with Gasteiger partial charge in [-0.05, 0) is 41.9 Å². The van der Waals surface area contributed by atoms with E-state index in [-0.39, 0.29) is 15.1 Å². The Hall–Kier alpha value is -0.720. The first-order valence-corrected chi connectivity index (χ1v) is 6.55. The van der Waals surface area contributed by atoms with Gasteiger partial charge in [-0.25, -0.2) is 4.39 Å². The van der Waals surface area contributed by atoms with Gasteiger partial charge in [-0.3, -0.25) is 0 Å². The minimum absolute atomic E-state index is 0.157. The van der Waals surface area contributed by atoms with E-state index in [9.17, 15) is 4.39 Å². The third-order valence-electron chi connectivity index (χ3n) is 2.60. The fourth-order valence-electron chi connectivity index (χ4n) is 1.26. The number of nitrogens with two attached hydrogens (primary N) is 1. The first kappa shape index (κ1) is 15.3. The van der Waals surface area contributed by atoms with E-state index in [1.807, 2.05) is 13.8 Å². The van der Waals surface area contributed by atoms with Crippen molar-refractivity contribution >= 4 is 38.8 Å². The number of hydrogen-bond acceptors (Lipinski definition) is 3. The minimum Gasteiger partial charge on any atom is -0.389 e. The largest absolute Gasteiger partial charge is 0.389 e. The summed E-state index contributed by atoms with van der Waals surface area (Å²) in [5.41, 5.74) is 5.99. The van der Waals surface area contributed by atoms with E-state index in [0.717, 1.165) is 0 Å². The highest BCUT2D eigenvalue weighted by atomic mass is 79.9. The van der Waals surface area contributed by atoms with E-state index in [2.05, 4.69) is 21.2 Å². The number of halogens is 2. The monoisotopic (exact) mass is 334 g/mol. The smallest absolute Gasteiger partial charge is 0.161 e. The summed E-state index contributed by atoms with van der Waals surface area (Å²) in [5.74, 6) is -0.410. The summed E-state index contributed by atoms with van der Waals surface area (Å²) in [4.78, 5) is 0.157. The number of ether oxygens (including phenoxy) is 1. The Bertz CT molecular complexity index is 466. The maximum Gasteiger partial charge on any atom is 0.161 e. The molecule has 6 heteroatoms. The van der Waals surface area contributed by atoms with Gasteiger partial charge in [-0.2, -0.15) is 0 Å². The van der Waals surface area contributed by atoms with Gasteiger partial charge in [0, 0.05) is 19.2 Å². The van der Waals surface area contributed by atoms with Crippen LogP contribution in [-0.2, 0) is 4.74 Å². The summed E-state index contributed by atoms with van der Waals surface area (Å²) in [5, 5.41) is 3.00. The molecule has 0 aromatic heterocycles. The van der Waals surface area contributed by atoms with E-state index in [0.29, 0.717) is 17.8 Å². The fourth-order valence-corrected chi connectivity index (χ4v) is 2.12. The highest BCUT2D eigenvalue weighted by molar-refractivity contribution is 9.10. The molecular formula is C12H16BrFN2OS. The number of hydrogen-bond donors (Lipinski definition) is 2. The maximum atomic E-state index is 14.0. The van der Waals surface area contributed by atoms with Crippen molar-refractivity contribution in [2.45, 2.75) is 19.4 Å². The van der Waals surface area contributed by atoms with Crippen LogP contribution in [0.2, 0.25) is 0 Å². The van der Waals surface area contributed by atoms with Crippen molar-refractivity contribution in [3.05, 3.63) is 28.0 Å². The Kier molecular flexibility index (Phi) is 5.07. The molecule has 3 nitrogen and oxygen atoms in total. The van der Waals surface area contributed by atoms with Gasteiger partial charge >= 0.3 is 0 Å². The molecule has 18 heavy (non-hydrogen) atoms. The summed E-state index contributed by atoms with van der Waals surface area (Å²) in [6.07, 6.45) is 0. The van der Waals surface area contributed by atoms with Crippen LogP contribution in [0.15, 0.2) is 16.6 Å². The lowest BCUT2D eigenvalue weighted by Gasteiger charge is -2.24. The predicted molar refractivity (Wildman–Crippen MR) is 79.6 cm³/mol. The molecule has 0 bridgehead atoms. The van der Waals surface area contributed by atoms with Crippen LogP contribution in [0.3, 0.4) is 0 Å². The normalized spacial score (nSPS) is 11.4. The molecule has 1 aromatic rings. The van der Waals surface area contributed by atoms with E-state index in [4.69, 9.17) is 22.7 Å². The summed E-state index contributed by atoms with van der Waals surface area (Å²) in [6, 6.07) is 3.29. The van der Waals surface area contributed by atoms with Gasteiger partial charge in [0.15, 0.2) is 5.82 Å². The first-order chi connectivity index (χ1) is 8.28. The van der Waals surface area contributed by atoms with Gasteiger partial charge in [0.2, 0.25) is 0 Å². The van der Waals surface area contributed by atoms with Crippen molar-refractivity contribution < 1.29 is 9.13 Å². The summed E-state index contributed by atoms with van der Waals surface area (Å²) >= 11 is 7.99. The van der Waals surface area contributed by atoms with Crippen molar-refractivity contribution in [3.8, 4) is 0 Å². The predicted octanol–water partition coefficient (Wildman–Crippen LogP) is 3.06. The van der Waals surface area contributed by atoms with Gasteiger partial charge in [-0.1, -0.05) is 12.2 Å². The average molecular weight is 335 g/mol. The molecule has 0 aliphatic rings. The van der Waals surface area contributed by atoms with Gasteiger partial charge in [0.25, 0.3) is 0 Å². The van der Waals surface area contributed by atoms with E-state index >= 15 is 0 Å². The van der Waals surface area contributed by atoms with Crippen LogP contribution in [0.4, 0.5) is 10.1 Å². The second-order valence-corrected chi connectivity index (χ2v) is 5.70. The third-order valence-corrected chi connectivity index (χ3v) is 3.60. The molecule has 1 aromatic carbocycles. The molecule has 0 unspecified atom stereocenters. The molecule has 0 atom stereocenters. The van der Waals surface area contributed by atoms with Crippen LogP contribution in [0.5, 0.6) is 0 Å². The standard InChI is InChI=1S/C12H16BrFN2OS/c1-12(2,17-3)6-16-8-5-4-7(11(15)18)9(13)10(8)14/h4-5,16H,6H2,1-3H3,(H2,15,18). The molecule has 0 spiro atoms. The highest BCUT2D eigenvalue weighted by Crippen LogP contribution is 2.27. The van der Waals surface area contributed by atoms with Crippen LogP contribution >= 0.6 is 28.1 Å². The van der Waals surface area contributed by atoms with Crippen molar-refractivity contribution in [3.63, 3.8) is 0 Å². The van der Waals surface area contributed by atoms with Gasteiger partial charge < -0.3 is 15.8 Å². The zero-order valence-corrected chi connectivity index (χ0v) is 12.9. The summed E-state index contributed by atoms with van der Waals surface area (Å²) in [7, 11) is 1.61. The molecule has 0 aliphatic carbocycles. The minimum atomic E-state index is -0.410. The lowest BCUT2D eigenvalue weighted by Crippen LogP contribution is -2.32. The van der Waals surface area contributed by atoms with E-state index < -0.39 is 5.82 Å². The van der Waals surface area contributed by atoms with Crippen LogP contribution in [-0.4, -0.2) is 24.2 Å². The topological polar surface area (TPSA) is 47.3 Å². The third kappa shape index (κ3) is 3.63. The van der Waals surface area contributed by atoms with Crippen molar-refractivity contribution in [2.75, 3.05) is 19.0 Å². The molecule has 0 aliphatic heterocycles. The lowest BCUT2D eigenvalue weighted by atomic mass is 10.1. The zero-order valence-electron chi connectivity index (χ0n) is 10.5. The number of benzene rings is 1. The van der Waals surface area contributed by atoms with E-state index in [1.165, 1.54) is 0 Å². The Morgan fingerprint density at radius 3 is 2.67 bits per heavy atom. The molecule has 0 saturated heterocycles. The van der Waals surface area contributed by atoms with E-state index in [1.54, 1.807) is 19.2 Å². The lowest BCUT2D eigenvalue weighted by molar-refractivity contribution is 0.0343. The van der Waals surface area contributed by atoms with Crippen molar-refractivity contribution in [1.82, 2.24) is 0 Å². The Morgan fingerprint density at radius 2 is 2.17 bits per heavy atom. The Labute approximate surface area is 120 Å². The molecular weight excluding hydrogens is 319 g/mol. The second-order valence-electron chi connectivity index (χ2n) is 4.47. The number of rotatable bonds is 5. The van der Waals surface area contributed by atoms with Crippen LogP contribution in [0.1, 0.15) is 19.4 Å². The van der Waals surface area contributed by atoms with Gasteiger partial charge in [0.1, 0.15) is 4.99 Å². The van der Waals surface area contributed by atoms with Gasteiger partial charge in [0.05, 0.1) is 15.8 Å². The molecule has 0 radical (unpaired) electrons. The molecule has 1 rings (SSSR count). The maximum absolute atomic E-state index is 14.0. The Balaban J connectivity index is 2.93. The fraction of sp³-hybridized carbons (Fsp3) is 0.417. The van der Waals surface area contributed by atoms with Crippen LogP contribution in [0, 0.1) is 5.82 Å². The second kappa shape index (κ2) is 5.95. The van der Waals surface area contributed by atoms with Gasteiger partial charge in [-0.15, -0.1) is 0 Å². The number of methoxy groups -OCH3 is 1. The molecule has 3 N–H and O–H groups in total. The molecule has 0 saturated carbocycles. The first-order valence-electron chi connectivity index (χ1n) is 5.35. The van der Waals surface area contributed by atoms with Crippen molar-refractivity contribution in [2.24, 2.45) is 5.73 Å². The van der Waals surface area contributed by atoms with Crippen LogP contribution < -0.4 is 11.1 Å². The number of thiocarbonyl (C=S) groups is 1. The highest BCUT2D eigenvalue weighted by Gasteiger charge is 2.18. The molecule has 100 valence electrons. The molecule has 0 amide bonds. The average Bonchev–Trinajstić information content (AvgIpc) is 2.30. The summed E-state index contributed by atoms with van der Waals surface area (Å²) < 4.78 is 19.6. The number of anilines is 1. The van der Waals surface area contributed by atoms with Crippen molar-refractivity contribution in [1.29, 1.82) is 0 Å². The SMILES string of the molecule is COC(C)(C)CNc1ccc(C(N)=S)c(Br)c1F. The zero-order chi connectivity index (χ0) is 13.9. The molecule has 0 fully saturated rings. The van der Waals surface area contributed by atoms with Crippen LogP contribution in [0.25, 0.3) is 0 Å². The molecule has 0 heterocycles.